The van der Waals surface area contributed by atoms with E-state index in [0.717, 1.165) is 55.8 Å². The molecule has 0 aliphatic rings. The summed E-state index contributed by atoms with van der Waals surface area (Å²) in [4.78, 5) is 2.46. The molecular weight excluding hydrogens is 821 g/mol. The lowest BCUT2D eigenvalue weighted by atomic mass is 9.97. The highest BCUT2D eigenvalue weighted by Crippen LogP contribution is 2.48. The highest BCUT2D eigenvalue weighted by Gasteiger charge is 2.22. The average Bonchev–Trinajstić information content (AvgIpc) is 4.07. The summed E-state index contributed by atoms with van der Waals surface area (Å²) in [6, 6.07) is 84.1. The fourth-order valence-electron chi connectivity index (χ4n) is 10.6. The molecule has 0 bridgehead atoms. The zero-order valence-electron chi connectivity index (χ0n) is 35.7. The predicted octanol–water partition coefficient (Wildman–Crippen LogP) is 18.2. The maximum Gasteiger partial charge on any atom is 0.143 e. The van der Waals surface area contributed by atoms with Gasteiger partial charge < -0.3 is 13.9 Å². The van der Waals surface area contributed by atoms with Crippen LogP contribution in [0.1, 0.15) is 0 Å². The molecule has 0 N–H and O–H groups in total. The molecular formula is C62H38N2OS. The van der Waals surface area contributed by atoms with E-state index in [1.165, 1.54) is 74.6 Å². The molecule has 3 nitrogen and oxygen atoms in total. The fraction of sp³-hybridized carbons (Fsp3) is 0. The van der Waals surface area contributed by atoms with Crippen LogP contribution >= 0.6 is 11.3 Å². The summed E-state index contributed by atoms with van der Waals surface area (Å²) in [5.74, 6) is 0. The van der Waals surface area contributed by atoms with Gasteiger partial charge in [0.05, 0.1) is 16.7 Å². The minimum Gasteiger partial charge on any atom is -0.455 e. The van der Waals surface area contributed by atoms with E-state index >= 15 is 0 Å². The Morgan fingerprint density at radius 2 is 1.00 bits per heavy atom. The van der Waals surface area contributed by atoms with E-state index in [2.05, 4.69) is 234 Å². The molecule has 0 amide bonds. The number of hydrogen-bond acceptors (Lipinski definition) is 3. The van der Waals surface area contributed by atoms with E-state index in [1.807, 2.05) is 17.4 Å². The van der Waals surface area contributed by atoms with Crippen molar-refractivity contribution >= 4 is 114 Å². The van der Waals surface area contributed by atoms with Crippen LogP contribution in [0, 0.1) is 0 Å². The normalized spacial score (nSPS) is 11.9. The van der Waals surface area contributed by atoms with Crippen LogP contribution in [0.25, 0.3) is 113 Å². The summed E-state index contributed by atoms with van der Waals surface area (Å²) in [7, 11) is 0. The smallest absolute Gasteiger partial charge is 0.143 e. The molecule has 66 heavy (non-hydrogen) atoms. The first kappa shape index (κ1) is 37.0. The van der Waals surface area contributed by atoms with E-state index in [4.69, 9.17) is 4.42 Å². The highest BCUT2D eigenvalue weighted by atomic mass is 32.1. The Labute approximate surface area is 384 Å². The van der Waals surface area contributed by atoms with Crippen LogP contribution in [0.4, 0.5) is 17.1 Å². The van der Waals surface area contributed by atoms with Gasteiger partial charge in [-0.15, -0.1) is 11.3 Å². The number of para-hydroxylation sites is 4. The molecule has 3 heterocycles. The Bertz CT molecular complexity index is 4180. The summed E-state index contributed by atoms with van der Waals surface area (Å²) in [6.07, 6.45) is 0. The first-order valence-corrected chi connectivity index (χ1v) is 23.3. The third kappa shape index (κ3) is 5.62. The largest absolute Gasteiger partial charge is 0.455 e. The standard InChI is InChI=1S/C62H38N2OS/c1-2-14-45-39(13-1)31-36-50-47(45)20-12-24-56(50)63(42-32-27-40(28-33-42)46-19-11-21-53-51-17-5-9-25-59(51)65-61(46)53)44-37-54(62-55(38-44)52-18-6-10-26-60(52)66-62)41-29-34-43(35-30-41)64-57-22-7-3-15-48(57)49-16-4-8-23-58(49)64/h1-38H. The predicted molar refractivity (Wildman–Crippen MR) is 282 cm³/mol. The third-order valence-corrected chi connectivity index (χ3v) is 14.8. The molecule has 14 aromatic rings. The monoisotopic (exact) mass is 858 g/mol. The van der Waals surface area contributed by atoms with Crippen molar-refractivity contribution in [2.45, 2.75) is 0 Å². The van der Waals surface area contributed by atoms with Crippen molar-refractivity contribution in [2.75, 3.05) is 4.90 Å². The molecule has 0 aliphatic heterocycles. The third-order valence-electron chi connectivity index (χ3n) is 13.6. The van der Waals surface area contributed by atoms with Gasteiger partial charge in [-0.25, -0.2) is 0 Å². The molecule has 308 valence electrons. The first-order valence-electron chi connectivity index (χ1n) is 22.5. The van der Waals surface area contributed by atoms with E-state index < -0.39 is 0 Å². The van der Waals surface area contributed by atoms with Gasteiger partial charge in [-0.2, -0.15) is 0 Å². The number of rotatable bonds is 6. The van der Waals surface area contributed by atoms with Crippen molar-refractivity contribution in [1.82, 2.24) is 4.57 Å². The number of furan rings is 1. The molecule has 0 radical (unpaired) electrons. The SMILES string of the molecule is c1ccc2c(c1)ccc1c(N(c3ccc(-c4cccc5c4oc4ccccc45)cc3)c3cc(-c4ccc(-n5c6ccccc6c6ccccc65)cc4)c4sc5ccccc5c4c3)cccc12. The first-order chi connectivity index (χ1) is 32.7. The highest BCUT2D eigenvalue weighted by molar-refractivity contribution is 7.26. The van der Waals surface area contributed by atoms with Crippen molar-refractivity contribution in [3.05, 3.63) is 231 Å². The topological polar surface area (TPSA) is 21.3 Å². The molecule has 4 heteroatoms. The second kappa shape index (κ2) is 14.5. The van der Waals surface area contributed by atoms with Crippen LogP contribution in [-0.4, -0.2) is 4.57 Å². The van der Waals surface area contributed by atoms with Crippen molar-refractivity contribution < 1.29 is 4.42 Å². The number of thiophene rings is 1. The quantitative estimate of drug-likeness (QED) is 0.155. The number of fused-ring (bicyclic) bond motifs is 12. The van der Waals surface area contributed by atoms with Crippen LogP contribution in [-0.2, 0) is 0 Å². The summed E-state index contributed by atoms with van der Waals surface area (Å²) >= 11 is 1.87. The molecule has 0 aliphatic carbocycles. The van der Waals surface area contributed by atoms with Gasteiger partial charge in [0.15, 0.2) is 0 Å². The molecule has 3 aromatic heterocycles. The summed E-state index contributed by atoms with van der Waals surface area (Å²) < 4.78 is 11.5. The molecule has 0 saturated heterocycles. The van der Waals surface area contributed by atoms with Gasteiger partial charge in [0.2, 0.25) is 0 Å². The van der Waals surface area contributed by atoms with E-state index in [-0.39, 0.29) is 0 Å². The Hall–Kier alpha value is -8.44. The van der Waals surface area contributed by atoms with Crippen molar-refractivity contribution in [1.29, 1.82) is 0 Å². The Morgan fingerprint density at radius 1 is 0.379 bits per heavy atom. The van der Waals surface area contributed by atoms with Gasteiger partial charge in [0.1, 0.15) is 11.2 Å². The van der Waals surface area contributed by atoms with Crippen molar-refractivity contribution in [3.8, 4) is 27.9 Å². The minimum absolute atomic E-state index is 0.903. The van der Waals surface area contributed by atoms with Gasteiger partial charge in [0, 0.05) is 75.3 Å². The van der Waals surface area contributed by atoms with Gasteiger partial charge in [-0.05, 0) is 94.0 Å². The Morgan fingerprint density at radius 3 is 1.80 bits per heavy atom. The molecule has 0 saturated carbocycles. The van der Waals surface area contributed by atoms with Gasteiger partial charge >= 0.3 is 0 Å². The number of nitrogens with zero attached hydrogens (tertiary/aromatic N) is 2. The van der Waals surface area contributed by atoms with Crippen LogP contribution in [0.5, 0.6) is 0 Å². The Kier molecular flexibility index (Phi) is 8.15. The minimum atomic E-state index is 0.903. The summed E-state index contributed by atoms with van der Waals surface area (Å²) in [5.41, 5.74) is 13.2. The van der Waals surface area contributed by atoms with E-state index in [9.17, 15) is 0 Å². The van der Waals surface area contributed by atoms with Crippen molar-refractivity contribution in [2.24, 2.45) is 0 Å². The summed E-state index contributed by atoms with van der Waals surface area (Å²) in [6.45, 7) is 0. The fourth-order valence-corrected chi connectivity index (χ4v) is 11.8. The van der Waals surface area contributed by atoms with Crippen molar-refractivity contribution in [3.63, 3.8) is 0 Å². The lowest BCUT2D eigenvalue weighted by Crippen LogP contribution is -2.10. The lowest BCUT2D eigenvalue weighted by Gasteiger charge is -2.28. The molecule has 0 spiro atoms. The molecule has 0 fully saturated rings. The zero-order valence-corrected chi connectivity index (χ0v) is 36.5. The number of benzene rings is 11. The van der Waals surface area contributed by atoms with Crippen LogP contribution in [0.3, 0.4) is 0 Å². The molecule has 0 unspecified atom stereocenters. The lowest BCUT2D eigenvalue weighted by molar-refractivity contribution is 0.670. The molecule has 14 rings (SSSR count). The zero-order chi connectivity index (χ0) is 43.3. The maximum atomic E-state index is 6.52. The Balaban J connectivity index is 0.981. The van der Waals surface area contributed by atoms with Crippen LogP contribution < -0.4 is 4.90 Å². The second-order valence-electron chi connectivity index (χ2n) is 17.2. The van der Waals surface area contributed by atoms with E-state index in [0.29, 0.717) is 0 Å². The molecule has 11 aromatic carbocycles. The summed E-state index contributed by atoms with van der Waals surface area (Å²) in [5, 5.41) is 12.2. The number of aromatic nitrogens is 1. The van der Waals surface area contributed by atoms with E-state index in [1.54, 1.807) is 0 Å². The molecule has 0 atom stereocenters. The average molecular weight is 859 g/mol. The second-order valence-corrected chi connectivity index (χ2v) is 18.3. The number of anilines is 3. The van der Waals surface area contributed by atoms with Gasteiger partial charge in [-0.3, -0.25) is 0 Å². The number of hydrogen-bond donors (Lipinski definition) is 0. The van der Waals surface area contributed by atoms with Gasteiger partial charge in [-0.1, -0.05) is 164 Å². The maximum absolute atomic E-state index is 6.52. The van der Waals surface area contributed by atoms with Crippen LogP contribution in [0.15, 0.2) is 235 Å². The van der Waals surface area contributed by atoms with Gasteiger partial charge in [0.25, 0.3) is 0 Å². The van der Waals surface area contributed by atoms with Crippen LogP contribution in [0.2, 0.25) is 0 Å².